The molecule has 0 radical (unpaired) electrons. The SMILES string of the molecule is CC(=O)NCCC1(C(=O)NC(=Cc2ccc(N3C(=O)C(Cc4cccnc4)N(C(C)=O)C3CCc3ccccc3)cc2)C(=O)O)CCCC1. The highest BCUT2D eigenvalue weighted by atomic mass is 16.4. The molecule has 11 heteroatoms. The van der Waals surface area contributed by atoms with Crippen molar-refractivity contribution in [3.63, 3.8) is 0 Å². The number of carbonyl (C=O) groups is 5. The van der Waals surface area contributed by atoms with E-state index in [1.807, 2.05) is 36.4 Å². The van der Waals surface area contributed by atoms with Crippen LogP contribution in [0, 0.1) is 5.41 Å². The number of hydrogen-bond donors (Lipinski definition) is 3. The van der Waals surface area contributed by atoms with Crippen molar-refractivity contribution in [3.05, 3.63) is 102 Å². The summed E-state index contributed by atoms with van der Waals surface area (Å²) in [7, 11) is 0. The molecule has 1 saturated heterocycles. The molecule has 2 aromatic carbocycles. The van der Waals surface area contributed by atoms with Gasteiger partial charge < -0.3 is 20.6 Å². The molecule has 49 heavy (non-hydrogen) atoms. The highest BCUT2D eigenvalue weighted by Gasteiger charge is 2.47. The summed E-state index contributed by atoms with van der Waals surface area (Å²) in [6.45, 7) is 3.23. The number of pyridine rings is 1. The monoisotopic (exact) mass is 665 g/mol. The van der Waals surface area contributed by atoms with E-state index in [1.54, 1.807) is 52.5 Å². The van der Waals surface area contributed by atoms with E-state index >= 15 is 0 Å². The van der Waals surface area contributed by atoms with Gasteiger partial charge in [0.15, 0.2) is 0 Å². The first-order chi connectivity index (χ1) is 23.6. The van der Waals surface area contributed by atoms with Crippen molar-refractivity contribution in [2.45, 2.75) is 77.4 Å². The number of benzene rings is 2. The first-order valence-corrected chi connectivity index (χ1v) is 16.7. The third-order valence-corrected chi connectivity index (χ3v) is 9.51. The quantitative estimate of drug-likeness (QED) is 0.228. The summed E-state index contributed by atoms with van der Waals surface area (Å²) in [6, 6.07) is 19.7. The van der Waals surface area contributed by atoms with E-state index in [9.17, 15) is 29.1 Å². The topological polar surface area (TPSA) is 149 Å². The van der Waals surface area contributed by atoms with E-state index in [0.29, 0.717) is 56.3 Å². The fourth-order valence-electron chi connectivity index (χ4n) is 7.05. The number of aryl methyl sites for hydroxylation is 1. The summed E-state index contributed by atoms with van der Waals surface area (Å²) < 4.78 is 0. The lowest BCUT2D eigenvalue weighted by Gasteiger charge is -2.31. The first-order valence-electron chi connectivity index (χ1n) is 16.7. The van der Waals surface area contributed by atoms with Gasteiger partial charge in [0.05, 0.1) is 5.41 Å². The molecule has 256 valence electrons. The Morgan fingerprint density at radius 2 is 1.65 bits per heavy atom. The normalized spacial score (nSPS) is 18.7. The largest absolute Gasteiger partial charge is 0.477 e. The van der Waals surface area contributed by atoms with E-state index < -0.39 is 23.6 Å². The number of nitrogens with zero attached hydrogens (tertiary/aromatic N) is 3. The molecule has 1 saturated carbocycles. The van der Waals surface area contributed by atoms with Crippen molar-refractivity contribution in [2.75, 3.05) is 11.4 Å². The number of nitrogens with one attached hydrogen (secondary N) is 2. The van der Waals surface area contributed by atoms with Crippen LogP contribution in [0.4, 0.5) is 5.69 Å². The van der Waals surface area contributed by atoms with Crippen molar-refractivity contribution in [2.24, 2.45) is 5.41 Å². The predicted molar refractivity (Wildman–Crippen MR) is 185 cm³/mol. The van der Waals surface area contributed by atoms with Crippen LogP contribution in [0.5, 0.6) is 0 Å². The summed E-state index contributed by atoms with van der Waals surface area (Å²) in [5.41, 5.74) is 2.01. The van der Waals surface area contributed by atoms with Crippen LogP contribution in [0.25, 0.3) is 6.08 Å². The van der Waals surface area contributed by atoms with E-state index in [4.69, 9.17) is 0 Å². The Morgan fingerprint density at radius 1 is 0.959 bits per heavy atom. The fourth-order valence-corrected chi connectivity index (χ4v) is 7.05. The highest BCUT2D eigenvalue weighted by Crippen LogP contribution is 2.41. The molecular weight excluding hydrogens is 622 g/mol. The van der Waals surface area contributed by atoms with Crippen LogP contribution in [0.3, 0.4) is 0 Å². The number of aromatic nitrogens is 1. The Balaban J connectivity index is 1.40. The first kappa shape index (κ1) is 35.0. The number of carboxylic acids is 1. The molecule has 0 spiro atoms. The maximum atomic E-state index is 14.1. The van der Waals surface area contributed by atoms with Crippen molar-refractivity contribution >= 4 is 41.4 Å². The van der Waals surface area contributed by atoms with Crippen LogP contribution in [0.1, 0.15) is 69.1 Å². The van der Waals surface area contributed by atoms with Gasteiger partial charge in [-0.3, -0.25) is 29.1 Å². The van der Waals surface area contributed by atoms with Crippen LogP contribution in [-0.2, 0) is 36.8 Å². The van der Waals surface area contributed by atoms with E-state index in [0.717, 1.165) is 24.0 Å². The van der Waals surface area contributed by atoms with Crippen molar-refractivity contribution < 1.29 is 29.1 Å². The number of aliphatic carboxylic acids is 1. The average Bonchev–Trinajstić information content (AvgIpc) is 3.67. The molecule has 1 aromatic heterocycles. The molecule has 1 aliphatic carbocycles. The molecule has 2 fully saturated rings. The van der Waals surface area contributed by atoms with Gasteiger partial charge in [0.2, 0.25) is 17.7 Å². The number of anilines is 1. The fraction of sp³-hybridized carbons (Fsp3) is 0.368. The van der Waals surface area contributed by atoms with Gasteiger partial charge in [-0.25, -0.2) is 4.79 Å². The Bertz CT molecular complexity index is 1690. The molecule has 0 bridgehead atoms. The molecule has 3 N–H and O–H groups in total. The zero-order chi connectivity index (χ0) is 35.0. The van der Waals surface area contributed by atoms with Gasteiger partial charge in [0.25, 0.3) is 5.91 Å². The van der Waals surface area contributed by atoms with Gasteiger partial charge >= 0.3 is 5.97 Å². The summed E-state index contributed by atoms with van der Waals surface area (Å²) in [6.07, 6.45) is 9.07. The van der Waals surface area contributed by atoms with Crippen LogP contribution in [0.15, 0.2) is 84.8 Å². The standard InChI is InChI=1S/C38H43N5O6/c1-26(44)40-22-20-38(18-6-7-19-38)37(49)41-32(36(47)48)23-29-12-15-31(16-13-29)43-34(17-14-28-9-4-3-5-10-28)42(27(2)45)33(35(43)46)24-30-11-8-21-39-25-30/h3-5,8-13,15-16,21,23,25,33-34H,6-7,14,17-20,22,24H2,1-2H3,(H,40,44)(H,41,49)(H,47,48). The van der Waals surface area contributed by atoms with Crippen LogP contribution in [0.2, 0.25) is 0 Å². The van der Waals surface area contributed by atoms with Crippen molar-refractivity contribution in [1.82, 2.24) is 20.5 Å². The van der Waals surface area contributed by atoms with Crippen LogP contribution in [-0.4, -0.2) is 63.3 Å². The third-order valence-electron chi connectivity index (χ3n) is 9.51. The Labute approximate surface area is 286 Å². The third kappa shape index (κ3) is 8.40. The maximum Gasteiger partial charge on any atom is 0.352 e. The number of hydrogen-bond acceptors (Lipinski definition) is 6. The zero-order valence-electron chi connectivity index (χ0n) is 27.9. The molecular formula is C38H43N5O6. The van der Waals surface area contributed by atoms with Crippen molar-refractivity contribution in [3.8, 4) is 0 Å². The second kappa shape index (κ2) is 15.7. The molecule has 2 unspecified atom stereocenters. The summed E-state index contributed by atoms with van der Waals surface area (Å²) in [5.74, 6) is -2.24. The summed E-state index contributed by atoms with van der Waals surface area (Å²) >= 11 is 0. The second-order valence-corrected chi connectivity index (χ2v) is 12.8. The second-order valence-electron chi connectivity index (χ2n) is 12.8. The minimum absolute atomic E-state index is 0.181. The minimum Gasteiger partial charge on any atom is -0.477 e. The summed E-state index contributed by atoms with van der Waals surface area (Å²) in [4.78, 5) is 71.9. The molecule has 5 rings (SSSR count). The van der Waals surface area contributed by atoms with Gasteiger partial charge in [-0.05, 0) is 73.1 Å². The van der Waals surface area contributed by atoms with E-state index in [-0.39, 0.29) is 29.3 Å². The average molecular weight is 666 g/mol. The Kier molecular flexibility index (Phi) is 11.2. The van der Waals surface area contributed by atoms with Gasteiger partial charge in [-0.15, -0.1) is 0 Å². The van der Waals surface area contributed by atoms with Gasteiger partial charge in [-0.2, -0.15) is 0 Å². The molecule has 3 aromatic rings. The summed E-state index contributed by atoms with van der Waals surface area (Å²) in [5, 5.41) is 15.4. The molecule has 11 nitrogen and oxygen atoms in total. The number of amides is 4. The van der Waals surface area contributed by atoms with E-state index in [2.05, 4.69) is 15.6 Å². The molecule has 2 atom stereocenters. The zero-order valence-corrected chi connectivity index (χ0v) is 27.9. The van der Waals surface area contributed by atoms with E-state index in [1.165, 1.54) is 19.9 Å². The molecule has 1 aliphatic heterocycles. The van der Waals surface area contributed by atoms with Gasteiger partial charge in [-0.1, -0.05) is 61.4 Å². The Hall–Kier alpha value is -5.32. The van der Waals surface area contributed by atoms with Crippen LogP contribution < -0.4 is 15.5 Å². The number of carboxylic acid groups (broad SMARTS) is 1. The Morgan fingerprint density at radius 3 is 2.27 bits per heavy atom. The van der Waals surface area contributed by atoms with Crippen molar-refractivity contribution in [1.29, 1.82) is 0 Å². The smallest absolute Gasteiger partial charge is 0.352 e. The van der Waals surface area contributed by atoms with Crippen LogP contribution >= 0.6 is 0 Å². The molecule has 2 aliphatic rings. The highest BCUT2D eigenvalue weighted by molar-refractivity contribution is 6.03. The lowest BCUT2D eigenvalue weighted by Crippen LogP contribution is -2.44. The molecule has 2 heterocycles. The number of carbonyl (C=O) groups excluding carboxylic acids is 4. The minimum atomic E-state index is -1.28. The lowest BCUT2D eigenvalue weighted by atomic mass is 9.81. The van der Waals surface area contributed by atoms with Gasteiger partial charge in [0, 0.05) is 44.9 Å². The molecule has 4 amide bonds. The predicted octanol–water partition coefficient (Wildman–Crippen LogP) is 4.48. The lowest BCUT2D eigenvalue weighted by molar-refractivity contribution is -0.137. The number of rotatable bonds is 13. The van der Waals surface area contributed by atoms with Gasteiger partial charge in [0.1, 0.15) is 17.9 Å². The maximum absolute atomic E-state index is 14.1.